The van der Waals surface area contributed by atoms with Crippen LogP contribution in [0.25, 0.3) is 21.5 Å². The van der Waals surface area contributed by atoms with E-state index in [2.05, 4.69) is 10.6 Å². The van der Waals surface area contributed by atoms with Crippen molar-refractivity contribution in [3.05, 3.63) is 107 Å². The molecule has 0 aliphatic rings. The van der Waals surface area contributed by atoms with Crippen molar-refractivity contribution in [2.45, 2.75) is 33.4 Å². The topological polar surface area (TPSA) is 357 Å². The molecule has 62 heavy (non-hydrogen) atoms. The maximum atomic E-state index is 13.2. The van der Waals surface area contributed by atoms with Crippen LogP contribution in [-0.4, -0.2) is 79.9 Å². The van der Waals surface area contributed by atoms with E-state index in [0.717, 1.165) is 36.4 Å². The summed E-state index contributed by atoms with van der Waals surface area (Å²) in [6, 6.07) is 13.1. The van der Waals surface area contributed by atoms with Crippen LogP contribution < -0.4 is 21.3 Å². The minimum absolute atomic E-state index is 0.0861. The van der Waals surface area contributed by atoms with Gasteiger partial charge in [0.15, 0.2) is 0 Å². The second kappa shape index (κ2) is 16.0. The van der Waals surface area contributed by atoms with Crippen molar-refractivity contribution in [1.82, 2.24) is 10.6 Å². The molecule has 0 bridgehead atoms. The summed E-state index contributed by atoms with van der Waals surface area (Å²) >= 11 is 0. The molecule has 25 heteroatoms. The van der Waals surface area contributed by atoms with Gasteiger partial charge in [-0.05, 0) is 96.4 Å². The van der Waals surface area contributed by atoms with Gasteiger partial charge in [-0.3, -0.25) is 38.4 Å². The molecule has 0 spiro atoms. The maximum Gasteiger partial charge on any atom is 0.328 e. The van der Waals surface area contributed by atoms with E-state index in [-0.39, 0.29) is 55.4 Å². The Bertz CT molecular complexity index is 3180. The molecule has 324 valence electrons. The van der Waals surface area contributed by atoms with Crippen LogP contribution >= 0.6 is 0 Å². The molecule has 0 saturated carbocycles. The molecule has 0 saturated heterocycles. The zero-order valence-electron chi connectivity index (χ0n) is 31.4. The second-order valence-electron chi connectivity index (χ2n) is 13.5. The highest BCUT2D eigenvalue weighted by atomic mass is 32.2. The van der Waals surface area contributed by atoms with Crippen molar-refractivity contribution < 1.29 is 76.5 Å². The molecule has 0 aromatic heterocycles. The molecule has 21 nitrogen and oxygen atoms in total. The van der Waals surface area contributed by atoms with Gasteiger partial charge >= 0.3 is 6.03 Å². The molecule has 6 rings (SSSR count). The van der Waals surface area contributed by atoms with Gasteiger partial charge in [-0.1, -0.05) is 12.1 Å². The summed E-state index contributed by atoms with van der Waals surface area (Å²) in [7, 11) is -19.6. The Labute approximate surface area is 351 Å². The van der Waals surface area contributed by atoms with E-state index < -0.39 is 89.4 Å². The summed E-state index contributed by atoms with van der Waals surface area (Å²) in [6.45, 7) is 3.11. The van der Waals surface area contributed by atoms with E-state index in [1.54, 1.807) is 13.8 Å². The zero-order valence-corrected chi connectivity index (χ0v) is 34.7. The predicted molar refractivity (Wildman–Crippen MR) is 220 cm³/mol. The average molecular weight is 931 g/mol. The van der Waals surface area contributed by atoms with E-state index in [1.165, 1.54) is 36.4 Å². The van der Waals surface area contributed by atoms with Gasteiger partial charge in [0.25, 0.3) is 52.3 Å². The van der Waals surface area contributed by atoms with Crippen molar-refractivity contribution in [3.63, 3.8) is 0 Å². The number of fused-ring (bicyclic) bond motifs is 2. The van der Waals surface area contributed by atoms with Crippen LogP contribution in [0.5, 0.6) is 11.5 Å². The van der Waals surface area contributed by atoms with Gasteiger partial charge in [-0.2, -0.15) is 33.7 Å². The lowest BCUT2D eigenvalue weighted by Crippen LogP contribution is -2.42. The molecule has 0 aliphatic carbocycles. The molecule has 0 aliphatic heterocycles. The number of phenolic OH excluding ortho intramolecular Hbond substituents is 2. The standard InChI is InChI=1S/C37H30N4O17S4/c1-17-3-5-19(11-27(17)38-29-13-23(59(47,48)49)7-21-9-25(61(53,54)55)15-31(42)33(21)29)35(44)40-37(46)41-36(45)20-6-4-18(2)28(12-20)39-30-14-24(60(50,51)52)8-22-10-26(62(56,57)58)16-32(43)34(22)30/h3-16,38-39,42-43H,1-2H3,(H,47,48,49)(H,50,51,52)(H,53,54,55)(H,56,57,58)(H2,40,41,44,45,46). The highest BCUT2D eigenvalue weighted by Gasteiger charge is 2.23. The number of nitrogens with one attached hydrogen (secondary N) is 4. The quantitative estimate of drug-likeness (QED) is 0.0826. The minimum atomic E-state index is -4.92. The van der Waals surface area contributed by atoms with Gasteiger partial charge in [0.1, 0.15) is 11.5 Å². The highest BCUT2D eigenvalue weighted by Crippen LogP contribution is 2.40. The fourth-order valence-electron chi connectivity index (χ4n) is 6.14. The van der Waals surface area contributed by atoms with Crippen molar-refractivity contribution in [1.29, 1.82) is 0 Å². The lowest BCUT2D eigenvalue weighted by Gasteiger charge is -2.16. The molecule has 10 N–H and O–H groups in total. The van der Waals surface area contributed by atoms with Gasteiger partial charge in [-0.15, -0.1) is 0 Å². The molecular formula is C37H30N4O17S4. The van der Waals surface area contributed by atoms with Crippen molar-refractivity contribution in [2.75, 3.05) is 10.6 Å². The Balaban J connectivity index is 1.24. The first-order valence-corrected chi connectivity index (χ1v) is 22.8. The van der Waals surface area contributed by atoms with Crippen LogP contribution in [0.15, 0.2) is 105 Å². The Kier molecular flexibility index (Phi) is 11.5. The van der Waals surface area contributed by atoms with E-state index in [1.807, 2.05) is 10.6 Å². The second-order valence-corrected chi connectivity index (χ2v) is 19.2. The van der Waals surface area contributed by atoms with Gasteiger partial charge in [0, 0.05) is 45.4 Å². The molecular weight excluding hydrogens is 901 g/mol. The fourth-order valence-corrected chi connectivity index (χ4v) is 8.30. The van der Waals surface area contributed by atoms with Crippen molar-refractivity contribution >= 4 is 103 Å². The third kappa shape index (κ3) is 9.59. The fraction of sp³-hybridized carbons (Fsp3) is 0.0541. The number of amides is 4. The third-order valence-electron chi connectivity index (χ3n) is 9.13. The number of carbonyl (C=O) groups excluding carboxylic acids is 3. The summed E-state index contributed by atoms with van der Waals surface area (Å²) in [5.74, 6) is -3.55. The predicted octanol–water partition coefficient (Wildman–Crippen LogP) is 4.77. The van der Waals surface area contributed by atoms with E-state index in [4.69, 9.17) is 0 Å². The number of aromatic hydroxyl groups is 2. The molecule has 6 aromatic rings. The zero-order chi connectivity index (χ0) is 45.9. The van der Waals surface area contributed by atoms with E-state index in [0.29, 0.717) is 23.3 Å². The largest absolute Gasteiger partial charge is 0.507 e. The lowest BCUT2D eigenvalue weighted by atomic mass is 10.1. The summed E-state index contributed by atoms with van der Waals surface area (Å²) < 4.78 is 134. The van der Waals surface area contributed by atoms with Crippen LogP contribution in [-0.2, 0) is 40.5 Å². The number of carbonyl (C=O) groups is 3. The van der Waals surface area contributed by atoms with Gasteiger partial charge in [0.05, 0.1) is 31.0 Å². The Hall–Kier alpha value is -6.71. The number of benzene rings is 6. The average Bonchev–Trinajstić information content (AvgIpc) is 3.14. The summed E-state index contributed by atoms with van der Waals surface area (Å²) in [4.78, 5) is 36.2. The Morgan fingerprint density at radius 1 is 0.435 bits per heavy atom. The number of phenols is 2. The van der Waals surface area contributed by atoms with Gasteiger partial charge in [0.2, 0.25) is 0 Å². The van der Waals surface area contributed by atoms with Crippen molar-refractivity contribution in [2.24, 2.45) is 0 Å². The highest BCUT2D eigenvalue weighted by molar-refractivity contribution is 7.86. The number of urea groups is 1. The Morgan fingerprint density at radius 2 is 0.742 bits per heavy atom. The third-order valence-corrected chi connectivity index (χ3v) is 12.5. The number of anilines is 4. The molecule has 4 amide bonds. The first-order chi connectivity index (χ1) is 28.6. The van der Waals surface area contributed by atoms with E-state index in [9.17, 15) is 76.5 Å². The Morgan fingerprint density at radius 3 is 1.05 bits per heavy atom. The first-order valence-electron chi connectivity index (χ1n) is 17.0. The maximum absolute atomic E-state index is 13.2. The summed E-state index contributed by atoms with van der Waals surface area (Å²) in [6.07, 6.45) is 0. The number of hydrogen-bond acceptors (Lipinski definition) is 15. The normalized spacial score (nSPS) is 12.2. The summed E-state index contributed by atoms with van der Waals surface area (Å²) in [5, 5.41) is 30.2. The van der Waals surface area contributed by atoms with Crippen LogP contribution in [0.4, 0.5) is 27.5 Å². The molecule has 0 atom stereocenters. The number of hydrogen-bond donors (Lipinski definition) is 10. The smallest absolute Gasteiger partial charge is 0.328 e. The van der Waals surface area contributed by atoms with E-state index >= 15 is 0 Å². The van der Waals surface area contributed by atoms with Crippen LogP contribution in [0.3, 0.4) is 0 Å². The SMILES string of the molecule is Cc1ccc(C(=O)NC(=O)NC(=O)c2ccc(C)c(Nc3cc(S(=O)(=O)O)cc4cc(S(=O)(=O)O)cc(O)c34)c2)cc1Nc1cc(S(=O)(=O)O)cc2cc(S(=O)(=O)O)cc(O)c12. The number of aryl methyl sites for hydroxylation is 2. The summed E-state index contributed by atoms with van der Waals surface area (Å²) in [5.41, 5.74) is 0.218. The molecule has 0 fully saturated rings. The molecule has 0 unspecified atom stereocenters. The van der Waals surface area contributed by atoms with Crippen LogP contribution in [0.2, 0.25) is 0 Å². The lowest BCUT2D eigenvalue weighted by molar-refractivity contribution is 0.0944. The van der Waals surface area contributed by atoms with Crippen LogP contribution in [0, 0.1) is 13.8 Å². The van der Waals surface area contributed by atoms with Crippen LogP contribution in [0.1, 0.15) is 31.8 Å². The molecule has 6 aromatic carbocycles. The number of imide groups is 2. The first kappa shape index (κ1) is 44.8. The minimum Gasteiger partial charge on any atom is -0.507 e. The van der Waals surface area contributed by atoms with Crippen molar-refractivity contribution in [3.8, 4) is 11.5 Å². The monoisotopic (exact) mass is 930 g/mol. The number of rotatable bonds is 10. The molecule has 0 heterocycles. The molecule has 0 radical (unpaired) electrons. The van der Waals surface area contributed by atoms with Gasteiger partial charge in [-0.25, -0.2) is 4.79 Å². The van der Waals surface area contributed by atoms with Gasteiger partial charge < -0.3 is 20.8 Å².